The molecule has 1 rings (SSSR count). The number of aliphatic hydroxyl groups excluding tert-OH is 1. The van der Waals surface area contributed by atoms with Crippen LogP contribution >= 0.6 is 15.9 Å². The van der Waals surface area contributed by atoms with Gasteiger partial charge in [0, 0.05) is 10.0 Å². The van der Waals surface area contributed by atoms with Gasteiger partial charge in [0.2, 0.25) is 0 Å². The molecule has 2 N–H and O–H groups in total. The Morgan fingerprint density at radius 1 is 1.38 bits per heavy atom. The molecule has 0 bridgehead atoms. The van der Waals surface area contributed by atoms with Crippen LogP contribution in [0.5, 0.6) is 0 Å². The fourth-order valence-corrected chi connectivity index (χ4v) is 1.53. The van der Waals surface area contributed by atoms with Gasteiger partial charge in [0.1, 0.15) is 0 Å². The molecular weight excluding hydrogens is 293 g/mol. The molecule has 7 heteroatoms. The second kappa shape index (κ2) is 4.42. The van der Waals surface area contributed by atoms with Gasteiger partial charge in [0.15, 0.2) is 6.10 Å². The summed E-state index contributed by atoms with van der Waals surface area (Å²) in [6.07, 6.45) is -6.56. The second-order valence-electron chi connectivity index (χ2n) is 2.97. The molecule has 3 nitrogen and oxygen atoms in total. The Bertz CT molecular complexity index is 417. The monoisotopic (exact) mass is 298 g/mol. The van der Waals surface area contributed by atoms with Crippen LogP contribution in [-0.2, 0) is 11.0 Å². The standard InChI is InChI=1S/C9H6BrF3O3/c10-6-2-1-4(9(11,12)13)3-5(6)7(14)8(15)16/h1-3,7,14H,(H,15,16). The third-order valence-electron chi connectivity index (χ3n) is 1.85. The predicted octanol–water partition coefficient (Wildman–Crippen LogP) is 2.59. The fourth-order valence-electron chi connectivity index (χ4n) is 1.06. The number of halogens is 4. The van der Waals surface area contributed by atoms with Gasteiger partial charge < -0.3 is 10.2 Å². The summed E-state index contributed by atoms with van der Waals surface area (Å²) in [5.41, 5.74) is -1.34. The molecule has 0 spiro atoms. The number of rotatable bonds is 2. The quantitative estimate of drug-likeness (QED) is 0.882. The minimum atomic E-state index is -4.58. The highest BCUT2D eigenvalue weighted by atomic mass is 79.9. The van der Waals surface area contributed by atoms with Gasteiger partial charge in [-0.25, -0.2) is 4.79 Å². The summed E-state index contributed by atoms with van der Waals surface area (Å²) >= 11 is 2.88. The zero-order valence-electron chi connectivity index (χ0n) is 7.62. The molecule has 16 heavy (non-hydrogen) atoms. The summed E-state index contributed by atoms with van der Waals surface area (Å²) in [6.45, 7) is 0. The van der Waals surface area contributed by atoms with Crippen LogP contribution in [0.25, 0.3) is 0 Å². The summed E-state index contributed by atoms with van der Waals surface area (Å²) in [5.74, 6) is -1.61. The molecule has 0 saturated carbocycles. The van der Waals surface area contributed by atoms with Crippen LogP contribution in [0.3, 0.4) is 0 Å². The van der Waals surface area contributed by atoms with Crippen molar-refractivity contribution in [1.82, 2.24) is 0 Å². The van der Waals surface area contributed by atoms with E-state index in [-0.39, 0.29) is 10.0 Å². The minimum Gasteiger partial charge on any atom is -0.479 e. The highest BCUT2D eigenvalue weighted by Gasteiger charge is 2.32. The number of hydrogen-bond acceptors (Lipinski definition) is 2. The van der Waals surface area contributed by atoms with E-state index in [0.717, 1.165) is 12.1 Å². The Labute approximate surface area is 96.6 Å². The highest BCUT2D eigenvalue weighted by molar-refractivity contribution is 9.10. The lowest BCUT2D eigenvalue weighted by Gasteiger charge is -2.12. The van der Waals surface area contributed by atoms with Crippen molar-refractivity contribution in [3.63, 3.8) is 0 Å². The SMILES string of the molecule is O=C(O)C(O)c1cc(C(F)(F)F)ccc1Br. The molecule has 0 saturated heterocycles. The lowest BCUT2D eigenvalue weighted by Crippen LogP contribution is -2.13. The van der Waals surface area contributed by atoms with Crippen LogP contribution in [0, 0.1) is 0 Å². The van der Waals surface area contributed by atoms with E-state index in [1.54, 1.807) is 0 Å². The number of carbonyl (C=O) groups is 1. The first kappa shape index (κ1) is 13.0. The molecule has 0 radical (unpaired) electrons. The van der Waals surface area contributed by atoms with Crippen molar-refractivity contribution in [3.8, 4) is 0 Å². The van der Waals surface area contributed by atoms with E-state index in [1.807, 2.05) is 0 Å². The van der Waals surface area contributed by atoms with Gasteiger partial charge in [-0.3, -0.25) is 0 Å². The van der Waals surface area contributed by atoms with Crippen LogP contribution in [0.4, 0.5) is 13.2 Å². The van der Waals surface area contributed by atoms with Crippen molar-refractivity contribution >= 4 is 21.9 Å². The Balaban J connectivity index is 3.24. The van der Waals surface area contributed by atoms with Gasteiger partial charge in [0.05, 0.1) is 5.56 Å². The average Bonchev–Trinajstić information content (AvgIpc) is 2.15. The maximum atomic E-state index is 12.3. The van der Waals surface area contributed by atoms with Crippen LogP contribution < -0.4 is 0 Å². The first-order valence-electron chi connectivity index (χ1n) is 4.01. The maximum Gasteiger partial charge on any atom is 0.416 e. The molecule has 1 unspecified atom stereocenters. The molecule has 0 aliphatic carbocycles. The van der Waals surface area contributed by atoms with E-state index < -0.39 is 23.8 Å². The molecule has 0 fully saturated rings. The molecule has 1 atom stereocenters. The Morgan fingerprint density at radius 3 is 2.38 bits per heavy atom. The van der Waals surface area contributed by atoms with Crippen molar-refractivity contribution in [2.24, 2.45) is 0 Å². The molecule has 0 aromatic heterocycles. The van der Waals surface area contributed by atoms with E-state index in [0.29, 0.717) is 6.07 Å². The Morgan fingerprint density at radius 2 is 1.94 bits per heavy atom. The van der Waals surface area contributed by atoms with Gasteiger partial charge >= 0.3 is 12.1 Å². The van der Waals surface area contributed by atoms with Gasteiger partial charge in [-0.15, -0.1) is 0 Å². The largest absolute Gasteiger partial charge is 0.479 e. The Hall–Kier alpha value is -1.08. The number of alkyl halides is 3. The smallest absolute Gasteiger partial charge is 0.416 e. The summed E-state index contributed by atoms with van der Waals surface area (Å²) in [4.78, 5) is 10.5. The van der Waals surface area contributed by atoms with Crippen molar-refractivity contribution in [2.45, 2.75) is 12.3 Å². The first-order valence-corrected chi connectivity index (χ1v) is 4.80. The van der Waals surface area contributed by atoms with Gasteiger partial charge in [0.25, 0.3) is 0 Å². The molecule has 0 heterocycles. The van der Waals surface area contributed by atoms with E-state index in [1.165, 1.54) is 0 Å². The van der Waals surface area contributed by atoms with E-state index in [9.17, 15) is 23.1 Å². The molecule has 0 aliphatic rings. The second-order valence-corrected chi connectivity index (χ2v) is 3.83. The van der Waals surface area contributed by atoms with E-state index >= 15 is 0 Å². The van der Waals surface area contributed by atoms with Crippen LogP contribution in [-0.4, -0.2) is 16.2 Å². The number of benzene rings is 1. The molecule has 0 amide bonds. The van der Waals surface area contributed by atoms with Gasteiger partial charge in [-0.05, 0) is 18.2 Å². The van der Waals surface area contributed by atoms with Crippen molar-refractivity contribution in [2.75, 3.05) is 0 Å². The fraction of sp³-hybridized carbons (Fsp3) is 0.222. The Kier molecular flexibility index (Phi) is 3.59. The maximum absolute atomic E-state index is 12.3. The summed E-state index contributed by atoms with van der Waals surface area (Å²) in [6, 6.07) is 2.44. The lowest BCUT2D eigenvalue weighted by atomic mass is 10.1. The average molecular weight is 299 g/mol. The number of hydrogen-bond donors (Lipinski definition) is 2. The topological polar surface area (TPSA) is 57.5 Å². The third kappa shape index (κ3) is 2.73. The lowest BCUT2D eigenvalue weighted by molar-refractivity contribution is -0.147. The molecular formula is C9H6BrF3O3. The highest BCUT2D eigenvalue weighted by Crippen LogP contribution is 2.33. The number of aliphatic hydroxyl groups is 1. The molecule has 88 valence electrons. The van der Waals surface area contributed by atoms with Gasteiger partial charge in [-0.1, -0.05) is 15.9 Å². The van der Waals surface area contributed by atoms with Crippen molar-refractivity contribution in [1.29, 1.82) is 0 Å². The van der Waals surface area contributed by atoms with E-state index in [4.69, 9.17) is 5.11 Å². The minimum absolute atomic E-state index is 0.107. The third-order valence-corrected chi connectivity index (χ3v) is 2.57. The van der Waals surface area contributed by atoms with Crippen LogP contribution in [0.2, 0.25) is 0 Å². The summed E-state index contributed by atoms with van der Waals surface area (Å²) < 4.78 is 37.1. The summed E-state index contributed by atoms with van der Waals surface area (Å²) in [5, 5.41) is 17.7. The number of carboxylic acids is 1. The number of carboxylic acid groups (broad SMARTS) is 1. The molecule has 0 aliphatic heterocycles. The zero-order valence-corrected chi connectivity index (χ0v) is 9.21. The van der Waals surface area contributed by atoms with Crippen molar-refractivity contribution in [3.05, 3.63) is 33.8 Å². The normalized spacial score (nSPS) is 13.6. The predicted molar refractivity (Wildman–Crippen MR) is 51.7 cm³/mol. The van der Waals surface area contributed by atoms with Gasteiger partial charge in [-0.2, -0.15) is 13.2 Å². The van der Waals surface area contributed by atoms with Crippen LogP contribution in [0.15, 0.2) is 22.7 Å². The molecule has 1 aromatic carbocycles. The summed E-state index contributed by atoms with van der Waals surface area (Å²) in [7, 11) is 0. The molecule has 1 aromatic rings. The zero-order chi connectivity index (χ0) is 12.5. The van der Waals surface area contributed by atoms with Crippen molar-refractivity contribution < 1.29 is 28.2 Å². The number of aliphatic carboxylic acids is 1. The van der Waals surface area contributed by atoms with Crippen LogP contribution in [0.1, 0.15) is 17.2 Å². The van der Waals surface area contributed by atoms with E-state index in [2.05, 4.69) is 15.9 Å². The first-order chi connectivity index (χ1) is 7.23.